The maximum Gasteiger partial charge on any atom is 0.0316 e. The van der Waals surface area contributed by atoms with E-state index in [2.05, 4.69) is 24.5 Å². The zero-order chi connectivity index (χ0) is 6.69. The van der Waals surface area contributed by atoms with Gasteiger partial charge < -0.3 is 0 Å². The molecule has 0 aromatic heterocycles. The number of rotatable bonds is 2. The van der Waals surface area contributed by atoms with Crippen molar-refractivity contribution in [3.8, 4) is 0 Å². The quantitative estimate of drug-likeness (QED) is 0.541. The highest BCUT2D eigenvalue weighted by Gasteiger charge is 2.18. The summed E-state index contributed by atoms with van der Waals surface area (Å²) in [5.74, 6) is 0.750. The van der Waals surface area contributed by atoms with E-state index in [4.69, 9.17) is 0 Å². The first-order valence-electron chi connectivity index (χ1n) is 3.54. The minimum atomic E-state index is 0.727. The summed E-state index contributed by atoms with van der Waals surface area (Å²) in [6, 6.07) is 0. The SMILES string of the molecule is CCCC1C=NSC1C. The monoisotopic (exact) mass is 143 g/mol. The van der Waals surface area contributed by atoms with Gasteiger partial charge in [-0.25, -0.2) is 4.40 Å². The van der Waals surface area contributed by atoms with Crippen LogP contribution in [-0.4, -0.2) is 11.5 Å². The van der Waals surface area contributed by atoms with Crippen molar-refractivity contribution in [2.75, 3.05) is 0 Å². The van der Waals surface area contributed by atoms with Gasteiger partial charge in [-0.05, 0) is 18.4 Å². The minimum absolute atomic E-state index is 0.727. The van der Waals surface area contributed by atoms with Gasteiger partial charge in [0.05, 0.1) is 0 Å². The normalized spacial score (nSPS) is 33.6. The summed E-state index contributed by atoms with van der Waals surface area (Å²) >= 11 is 1.71. The van der Waals surface area contributed by atoms with Crippen LogP contribution in [0, 0.1) is 5.92 Å². The molecule has 0 fully saturated rings. The van der Waals surface area contributed by atoms with Crippen LogP contribution in [0.1, 0.15) is 26.7 Å². The maximum absolute atomic E-state index is 4.16. The van der Waals surface area contributed by atoms with Crippen LogP contribution in [0.5, 0.6) is 0 Å². The van der Waals surface area contributed by atoms with E-state index in [9.17, 15) is 0 Å². The van der Waals surface area contributed by atoms with Gasteiger partial charge in [-0.1, -0.05) is 20.3 Å². The second kappa shape index (κ2) is 3.25. The second-order valence-electron chi connectivity index (χ2n) is 2.52. The number of hydrogen-bond acceptors (Lipinski definition) is 2. The van der Waals surface area contributed by atoms with Gasteiger partial charge in [0.25, 0.3) is 0 Å². The van der Waals surface area contributed by atoms with Crippen molar-refractivity contribution in [2.24, 2.45) is 10.3 Å². The fraction of sp³-hybridized carbons (Fsp3) is 0.857. The molecule has 1 aliphatic rings. The molecule has 0 aromatic carbocycles. The molecule has 0 saturated carbocycles. The van der Waals surface area contributed by atoms with Crippen LogP contribution in [0.3, 0.4) is 0 Å². The highest BCUT2D eigenvalue weighted by Crippen LogP contribution is 2.28. The van der Waals surface area contributed by atoms with Gasteiger partial charge in [-0.2, -0.15) is 0 Å². The molecule has 2 unspecified atom stereocenters. The summed E-state index contributed by atoms with van der Waals surface area (Å²) in [5, 5.41) is 0.727. The summed E-state index contributed by atoms with van der Waals surface area (Å²) < 4.78 is 4.16. The molecule has 1 aliphatic heterocycles. The van der Waals surface area contributed by atoms with Crippen molar-refractivity contribution in [2.45, 2.75) is 31.9 Å². The first-order chi connectivity index (χ1) is 4.34. The summed E-state index contributed by atoms with van der Waals surface area (Å²) in [6.07, 6.45) is 4.68. The van der Waals surface area contributed by atoms with Gasteiger partial charge in [0, 0.05) is 17.4 Å². The van der Waals surface area contributed by atoms with Gasteiger partial charge >= 0.3 is 0 Å². The Bertz CT molecular complexity index is 111. The van der Waals surface area contributed by atoms with Crippen LogP contribution in [0.25, 0.3) is 0 Å². The molecule has 9 heavy (non-hydrogen) atoms. The lowest BCUT2D eigenvalue weighted by atomic mass is 10.0. The zero-order valence-electron chi connectivity index (χ0n) is 6.00. The van der Waals surface area contributed by atoms with Crippen LogP contribution in [0.2, 0.25) is 0 Å². The van der Waals surface area contributed by atoms with E-state index in [-0.39, 0.29) is 0 Å². The summed E-state index contributed by atoms with van der Waals surface area (Å²) in [6.45, 7) is 4.47. The van der Waals surface area contributed by atoms with Gasteiger partial charge in [0.1, 0.15) is 0 Å². The topological polar surface area (TPSA) is 12.4 Å². The fourth-order valence-electron chi connectivity index (χ4n) is 1.05. The molecule has 0 amide bonds. The summed E-state index contributed by atoms with van der Waals surface area (Å²) in [4.78, 5) is 0. The third kappa shape index (κ3) is 1.71. The van der Waals surface area contributed by atoms with E-state index < -0.39 is 0 Å². The lowest BCUT2D eigenvalue weighted by Gasteiger charge is -2.08. The molecular weight excluding hydrogens is 130 g/mol. The molecular formula is C7H13NS. The Labute approximate surface area is 61.1 Å². The third-order valence-electron chi connectivity index (χ3n) is 1.70. The van der Waals surface area contributed by atoms with E-state index >= 15 is 0 Å². The molecule has 0 radical (unpaired) electrons. The Hall–Kier alpha value is 0.0200. The molecule has 1 nitrogen and oxygen atoms in total. The molecule has 0 saturated heterocycles. The van der Waals surface area contributed by atoms with E-state index in [1.54, 1.807) is 11.9 Å². The molecule has 0 spiro atoms. The smallest absolute Gasteiger partial charge is 0.0316 e. The van der Waals surface area contributed by atoms with Crippen molar-refractivity contribution in [1.82, 2.24) is 0 Å². The molecule has 2 atom stereocenters. The molecule has 1 heterocycles. The number of hydrogen-bond donors (Lipinski definition) is 0. The summed E-state index contributed by atoms with van der Waals surface area (Å²) in [5.41, 5.74) is 0. The Kier molecular flexibility index (Phi) is 2.58. The average Bonchev–Trinajstić information content (AvgIpc) is 2.18. The molecule has 0 bridgehead atoms. The van der Waals surface area contributed by atoms with Gasteiger partial charge in [0.2, 0.25) is 0 Å². The molecule has 52 valence electrons. The lowest BCUT2D eigenvalue weighted by Crippen LogP contribution is -2.09. The molecule has 2 heteroatoms. The van der Waals surface area contributed by atoms with E-state index in [1.165, 1.54) is 12.8 Å². The largest absolute Gasteiger partial charge is 0.228 e. The third-order valence-corrected chi connectivity index (χ3v) is 2.63. The zero-order valence-corrected chi connectivity index (χ0v) is 6.82. The van der Waals surface area contributed by atoms with Crippen molar-refractivity contribution in [1.29, 1.82) is 0 Å². The fourth-order valence-corrected chi connectivity index (χ4v) is 1.83. The molecule has 0 N–H and O–H groups in total. The molecule has 0 aromatic rings. The highest BCUT2D eigenvalue weighted by molar-refractivity contribution is 7.99. The summed E-state index contributed by atoms with van der Waals surface area (Å²) in [7, 11) is 0. The van der Waals surface area contributed by atoms with Crippen molar-refractivity contribution >= 4 is 18.2 Å². The van der Waals surface area contributed by atoms with Gasteiger partial charge in [-0.15, -0.1) is 0 Å². The van der Waals surface area contributed by atoms with Crippen LogP contribution in [0.15, 0.2) is 4.40 Å². The predicted octanol–water partition coefficient (Wildman–Crippen LogP) is 2.52. The standard InChI is InChI=1S/C7H13NS/c1-3-4-7-5-8-9-6(7)2/h5-7H,3-4H2,1-2H3. The first kappa shape index (κ1) is 7.13. The number of nitrogens with zero attached hydrogens (tertiary/aromatic N) is 1. The second-order valence-corrected chi connectivity index (χ2v) is 3.68. The van der Waals surface area contributed by atoms with Crippen molar-refractivity contribution in [3.63, 3.8) is 0 Å². The van der Waals surface area contributed by atoms with Crippen molar-refractivity contribution in [3.05, 3.63) is 0 Å². The van der Waals surface area contributed by atoms with E-state index in [0.29, 0.717) is 0 Å². The Balaban J connectivity index is 2.31. The Morgan fingerprint density at radius 2 is 2.44 bits per heavy atom. The maximum atomic E-state index is 4.16. The predicted molar refractivity (Wildman–Crippen MR) is 43.9 cm³/mol. The van der Waals surface area contributed by atoms with Crippen LogP contribution in [0.4, 0.5) is 0 Å². The first-order valence-corrected chi connectivity index (χ1v) is 4.37. The molecule has 0 aliphatic carbocycles. The van der Waals surface area contributed by atoms with Crippen LogP contribution < -0.4 is 0 Å². The average molecular weight is 143 g/mol. The van der Waals surface area contributed by atoms with Gasteiger partial charge in [0.15, 0.2) is 0 Å². The van der Waals surface area contributed by atoms with E-state index in [0.717, 1.165) is 11.2 Å². The van der Waals surface area contributed by atoms with Gasteiger partial charge in [-0.3, -0.25) is 0 Å². The van der Waals surface area contributed by atoms with Crippen LogP contribution >= 0.6 is 11.9 Å². The van der Waals surface area contributed by atoms with Crippen LogP contribution in [-0.2, 0) is 0 Å². The highest BCUT2D eigenvalue weighted by atomic mass is 32.2. The van der Waals surface area contributed by atoms with Crippen molar-refractivity contribution < 1.29 is 0 Å². The lowest BCUT2D eigenvalue weighted by molar-refractivity contribution is 0.625. The minimum Gasteiger partial charge on any atom is -0.228 e. The Morgan fingerprint density at radius 1 is 1.67 bits per heavy atom. The molecule has 1 rings (SSSR count). The Morgan fingerprint density at radius 3 is 2.89 bits per heavy atom. The van der Waals surface area contributed by atoms with E-state index in [1.807, 2.05) is 0 Å².